The Morgan fingerprint density at radius 1 is 0.619 bits per heavy atom. The van der Waals surface area contributed by atoms with Gasteiger partial charge in [0.2, 0.25) is 0 Å². The van der Waals surface area contributed by atoms with Crippen LogP contribution in [-0.4, -0.2) is 29.9 Å². The third-order valence-electron chi connectivity index (χ3n) is 1.55. The Balaban J connectivity index is 6.61. The molecule has 0 amide bonds. The fourth-order valence-corrected chi connectivity index (χ4v) is 1.34. The van der Waals surface area contributed by atoms with Crippen molar-refractivity contribution in [1.82, 2.24) is 4.90 Å². The summed E-state index contributed by atoms with van der Waals surface area (Å²) in [6.45, 7) is 0. The molecule has 0 heterocycles. The molecule has 0 bridgehead atoms. The van der Waals surface area contributed by atoms with Crippen LogP contribution in [0.25, 0.3) is 0 Å². The lowest BCUT2D eigenvalue weighted by atomic mass is 10.3. The third kappa shape index (κ3) is 5.03. The van der Waals surface area contributed by atoms with Gasteiger partial charge >= 0.3 is 25.0 Å². The first-order valence-corrected chi connectivity index (χ1v) is 4.76. The van der Waals surface area contributed by atoms with Gasteiger partial charge in [0.05, 0.1) is 12.1 Å². The zero-order valence-corrected chi connectivity index (χ0v) is 9.59. The molecule has 1 nitrogen and oxygen atoms in total. The van der Waals surface area contributed by atoms with Crippen molar-refractivity contribution < 1.29 is 56.6 Å². The average Bonchev–Trinajstić information content (AvgIpc) is 2.08. The number of hydrogen-bond acceptors (Lipinski definition) is 2. The minimum atomic E-state index is -6.92. The molecule has 0 atom stereocenters. The Kier molecular flexibility index (Phi) is 5.37. The van der Waals surface area contributed by atoms with Crippen molar-refractivity contribution in [3.63, 3.8) is 0 Å². The van der Waals surface area contributed by atoms with Crippen molar-refractivity contribution >= 4 is 12.1 Å². The monoisotopic (exact) mass is 365 g/mol. The van der Waals surface area contributed by atoms with E-state index < -0.39 is 52.6 Å². The fourth-order valence-electron chi connectivity index (χ4n) is 0.969. The Morgan fingerprint density at radius 2 is 0.952 bits per heavy atom. The summed E-state index contributed by atoms with van der Waals surface area (Å²) in [6, 6.07) is 0. The summed E-state index contributed by atoms with van der Waals surface area (Å²) in [5.41, 5.74) is -4.26. The first kappa shape index (κ1) is 20.0. The van der Waals surface area contributed by atoms with Gasteiger partial charge in [-0.2, -0.15) is 35.1 Å². The Labute approximate surface area is 110 Å². The zero-order chi connectivity index (χ0) is 17.4. The van der Waals surface area contributed by atoms with Crippen LogP contribution in [0.5, 0.6) is 0 Å². The summed E-state index contributed by atoms with van der Waals surface area (Å²) in [7, 11) is 0. The minimum absolute atomic E-state index is 2.43. The molecule has 0 spiro atoms. The number of rotatable bonds is 2. The van der Waals surface area contributed by atoms with E-state index in [0.29, 0.717) is 0 Å². The molecule has 21 heavy (non-hydrogen) atoms. The lowest BCUT2D eigenvalue weighted by molar-refractivity contribution is -0.371. The predicted octanol–water partition coefficient (Wildman–Crippen LogP) is 5.28. The maximum Gasteiger partial charge on any atom is 0.491 e. The van der Waals surface area contributed by atoms with Crippen molar-refractivity contribution in [3.05, 3.63) is 10.6 Å². The zero-order valence-electron chi connectivity index (χ0n) is 8.77. The van der Waals surface area contributed by atoms with E-state index in [4.69, 9.17) is 0 Å². The van der Waals surface area contributed by atoms with E-state index in [9.17, 15) is 56.6 Å². The Hall–Kier alpha value is -1.02. The van der Waals surface area contributed by atoms with Crippen LogP contribution in [0.15, 0.2) is 10.6 Å². The van der Waals surface area contributed by atoms with E-state index in [0.717, 1.165) is 0 Å². The maximum absolute atomic E-state index is 12.2. The first-order valence-electron chi connectivity index (χ1n) is 4.05. The highest BCUT2D eigenvalue weighted by atomic mass is 32.2. The molecule has 0 saturated heterocycles. The van der Waals surface area contributed by atoms with Crippen LogP contribution in [0.1, 0.15) is 0 Å². The molecule has 0 rings (SSSR count). The summed E-state index contributed by atoms with van der Waals surface area (Å²) < 4.78 is 157. The van der Waals surface area contributed by atoms with Gasteiger partial charge in [0.1, 0.15) is 0 Å². The highest BCUT2D eigenvalue weighted by Crippen LogP contribution is 2.49. The van der Waals surface area contributed by atoms with E-state index >= 15 is 0 Å². The van der Waals surface area contributed by atoms with Crippen LogP contribution >= 0.6 is 12.1 Å². The van der Waals surface area contributed by atoms with E-state index in [2.05, 4.69) is 0 Å². The molecule has 0 aromatic carbocycles. The van der Waals surface area contributed by atoms with Gasteiger partial charge in [-0.3, -0.25) is 0 Å². The van der Waals surface area contributed by atoms with Gasteiger partial charge in [0.25, 0.3) is 0 Å². The largest absolute Gasteiger partial charge is 0.491 e. The van der Waals surface area contributed by atoms with Crippen LogP contribution in [0.3, 0.4) is 0 Å². The van der Waals surface area contributed by atoms with Crippen LogP contribution in [0.4, 0.5) is 56.6 Å². The van der Waals surface area contributed by atoms with E-state index in [1.807, 2.05) is 0 Å². The lowest BCUT2D eigenvalue weighted by Crippen LogP contribution is -2.51. The number of hydrogen-bond donors (Lipinski definition) is 0. The quantitative estimate of drug-likeness (QED) is 0.484. The third-order valence-corrected chi connectivity index (χ3v) is 2.13. The van der Waals surface area contributed by atoms with Gasteiger partial charge in [-0.25, -0.2) is 0 Å². The summed E-state index contributed by atoms with van der Waals surface area (Å²) in [5, 5.41) is 0. The summed E-state index contributed by atoms with van der Waals surface area (Å²) in [4.78, 5) is -7.18. The van der Waals surface area contributed by atoms with E-state index in [1.54, 1.807) is 0 Å². The van der Waals surface area contributed by atoms with Gasteiger partial charge in [-0.05, 0) is 0 Å². The van der Waals surface area contributed by atoms with Crippen LogP contribution in [0.2, 0.25) is 0 Å². The standard InChI is InChI=1S/C6F13NS/c7-3(8,9)1(2(21-19)4(10,11)12)20(5(13,14)15)6(16,17)18/b2-1+. The molecule has 15 heteroatoms. The van der Waals surface area contributed by atoms with E-state index in [-0.39, 0.29) is 0 Å². The molecule has 0 unspecified atom stereocenters. The highest BCUT2D eigenvalue weighted by Gasteiger charge is 2.63. The van der Waals surface area contributed by atoms with Crippen molar-refractivity contribution in [2.24, 2.45) is 0 Å². The molecular formula is C6F13NS. The molecule has 0 aliphatic carbocycles. The number of allylic oxidation sites excluding steroid dienone is 2. The SMILES string of the molecule is FS/C(=C(/N(C(F)(F)F)C(F)(F)F)C(F)(F)F)C(F)(F)F. The molecule has 0 aliphatic heterocycles. The molecule has 126 valence electrons. The normalized spacial score (nSPS) is 15.9. The number of halogens is 13. The maximum atomic E-state index is 12.2. The van der Waals surface area contributed by atoms with Crippen LogP contribution in [0, 0.1) is 0 Å². The van der Waals surface area contributed by atoms with E-state index in [1.165, 1.54) is 0 Å². The van der Waals surface area contributed by atoms with Crippen molar-refractivity contribution in [2.75, 3.05) is 0 Å². The second kappa shape index (κ2) is 5.64. The predicted molar refractivity (Wildman–Crippen MR) is 41.8 cm³/mol. The molecule has 0 N–H and O–H groups in total. The average molecular weight is 365 g/mol. The lowest BCUT2D eigenvalue weighted by Gasteiger charge is -2.32. The number of alkyl halides is 12. The van der Waals surface area contributed by atoms with Crippen LogP contribution in [-0.2, 0) is 0 Å². The molecule has 0 radical (unpaired) electrons. The molecule has 0 fully saturated rings. The van der Waals surface area contributed by atoms with Crippen molar-refractivity contribution in [1.29, 1.82) is 0 Å². The second-order valence-corrected chi connectivity index (χ2v) is 3.58. The smallest absolute Gasteiger partial charge is 0.187 e. The molecule has 0 aliphatic rings. The van der Waals surface area contributed by atoms with Crippen molar-refractivity contribution in [3.8, 4) is 0 Å². The summed E-state index contributed by atoms with van der Waals surface area (Å²) in [5.74, 6) is 0. The topological polar surface area (TPSA) is 3.24 Å². The Bertz CT molecular complexity index is 381. The van der Waals surface area contributed by atoms with Gasteiger partial charge < -0.3 is 0 Å². The van der Waals surface area contributed by atoms with Gasteiger partial charge in [-0.1, -0.05) is 0 Å². The molecule has 0 aromatic rings. The summed E-state index contributed by atoms with van der Waals surface area (Å²) in [6.07, 6.45) is -27.1. The molecule has 0 aromatic heterocycles. The summed E-state index contributed by atoms with van der Waals surface area (Å²) >= 11 is -2.43. The Morgan fingerprint density at radius 3 is 1.10 bits per heavy atom. The molecule has 0 saturated carbocycles. The van der Waals surface area contributed by atoms with Gasteiger partial charge in [-0.15, -0.1) is 26.3 Å². The first-order chi connectivity index (χ1) is 8.94. The second-order valence-electron chi connectivity index (χ2n) is 3.02. The van der Waals surface area contributed by atoms with Gasteiger partial charge in [0.15, 0.2) is 10.6 Å². The highest BCUT2D eigenvalue weighted by molar-refractivity contribution is 7.98. The number of nitrogens with zero attached hydrogens (tertiary/aromatic N) is 1. The van der Waals surface area contributed by atoms with Crippen molar-refractivity contribution in [2.45, 2.75) is 25.0 Å². The van der Waals surface area contributed by atoms with Gasteiger partial charge in [0, 0.05) is 0 Å². The van der Waals surface area contributed by atoms with Crippen LogP contribution < -0.4 is 0 Å². The minimum Gasteiger partial charge on any atom is -0.187 e. The molecular weight excluding hydrogens is 365 g/mol. The fraction of sp³-hybridized carbons (Fsp3) is 0.667.